The van der Waals surface area contributed by atoms with Crippen LogP contribution in [-0.2, 0) is 4.57 Å². The first-order valence-electron chi connectivity index (χ1n) is 3.70. The Morgan fingerprint density at radius 3 is 2.58 bits per heavy atom. The molecule has 4 heteroatoms. The Bertz CT molecular complexity index is 301. The summed E-state index contributed by atoms with van der Waals surface area (Å²) in [6.07, 6.45) is 7.65. The molecular formula is C8H13N2OP. The smallest absolute Gasteiger partial charge is 0.243 e. The molecule has 1 rings (SSSR count). The minimum atomic E-state index is -2.37. The van der Waals surface area contributed by atoms with Gasteiger partial charge < -0.3 is 4.67 Å². The zero-order valence-electron chi connectivity index (χ0n) is 7.61. The lowest BCUT2D eigenvalue weighted by molar-refractivity contribution is 0.467. The summed E-state index contributed by atoms with van der Waals surface area (Å²) in [6, 6.07) is 0. The molecule has 0 amide bonds. The van der Waals surface area contributed by atoms with E-state index in [2.05, 4.69) is 5.92 Å². The van der Waals surface area contributed by atoms with Crippen molar-refractivity contribution in [3.63, 3.8) is 0 Å². The first-order chi connectivity index (χ1) is 5.52. The van der Waals surface area contributed by atoms with Gasteiger partial charge in [0.15, 0.2) is 0 Å². The van der Waals surface area contributed by atoms with Crippen molar-refractivity contribution >= 4 is 7.44 Å². The predicted octanol–water partition coefficient (Wildman–Crippen LogP) is 1.20. The lowest BCUT2D eigenvalue weighted by atomic mass is 10.4. The highest BCUT2D eigenvalue weighted by Crippen LogP contribution is 2.55. The monoisotopic (exact) mass is 184 g/mol. The molecule has 0 aliphatic carbocycles. The van der Waals surface area contributed by atoms with E-state index in [0.29, 0.717) is 6.16 Å². The van der Waals surface area contributed by atoms with Gasteiger partial charge in [0.2, 0.25) is 7.44 Å². The number of hydrogen-bond donors (Lipinski definition) is 0. The van der Waals surface area contributed by atoms with Crippen LogP contribution in [0.1, 0.15) is 0 Å². The van der Waals surface area contributed by atoms with Gasteiger partial charge in [0.05, 0.1) is 11.9 Å². The topological polar surface area (TPSA) is 23.6 Å². The van der Waals surface area contributed by atoms with Crippen LogP contribution in [0, 0.1) is 12.3 Å². The zero-order valence-corrected chi connectivity index (χ0v) is 8.51. The standard InChI is InChI=1S/C8H13N2OP/c1-5-8-6-7-12(11,9(2)3)10(8)4/h1,6H,7H2,2-4H3. The van der Waals surface area contributed by atoms with Crippen molar-refractivity contribution in [3.05, 3.63) is 11.8 Å². The fourth-order valence-corrected chi connectivity index (χ4v) is 3.21. The third kappa shape index (κ3) is 1.18. The van der Waals surface area contributed by atoms with Crippen LogP contribution in [0.5, 0.6) is 0 Å². The largest absolute Gasteiger partial charge is 0.307 e. The summed E-state index contributed by atoms with van der Waals surface area (Å²) in [5.41, 5.74) is 0.729. The normalized spacial score (nSPS) is 28.9. The number of terminal acetylenes is 1. The van der Waals surface area contributed by atoms with E-state index in [9.17, 15) is 4.57 Å². The first-order valence-corrected chi connectivity index (χ1v) is 5.50. The Balaban J connectivity index is 2.94. The van der Waals surface area contributed by atoms with Gasteiger partial charge in [-0.1, -0.05) is 5.92 Å². The molecular weight excluding hydrogens is 171 g/mol. The molecule has 0 aromatic heterocycles. The van der Waals surface area contributed by atoms with Crippen LogP contribution >= 0.6 is 7.44 Å². The van der Waals surface area contributed by atoms with Crippen LogP contribution in [0.3, 0.4) is 0 Å². The van der Waals surface area contributed by atoms with Crippen molar-refractivity contribution in [2.75, 3.05) is 27.3 Å². The third-order valence-electron chi connectivity index (χ3n) is 2.11. The van der Waals surface area contributed by atoms with Crippen molar-refractivity contribution in [1.82, 2.24) is 9.34 Å². The fraction of sp³-hybridized carbons (Fsp3) is 0.500. The predicted molar refractivity (Wildman–Crippen MR) is 50.8 cm³/mol. The van der Waals surface area contributed by atoms with Crippen molar-refractivity contribution in [2.24, 2.45) is 0 Å². The van der Waals surface area contributed by atoms with Gasteiger partial charge in [-0.25, -0.2) is 4.67 Å². The maximum atomic E-state index is 12.1. The molecule has 1 aliphatic heterocycles. The van der Waals surface area contributed by atoms with E-state index in [-0.39, 0.29) is 0 Å². The average Bonchev–Trinajstić information content (AvgIpc) is 2.31. The zero-order chi connectivity index (χ0) is 9.35. The second-order valence-electron chi connectivity index (χ2n) is 2.95. The Hall–Kier alpha value is -0.710. The second kappa shape index (κ2) is 2.97. The molecule has 1 heterocycles. The Labute approximate surface area is 73.5 Å². The molecule has 1 aliphatic rings. The van der Waals surface area contributed by atoms with Gasteiger partial charge in [-0.3, -0.25) is 4.57 Å². The summed E-state index contributed by atoms with van der Waals surface area (Å²) in [5, 5.41) is 0. The number of allylic oxidation sites excluding steroid dienone is 2. The van der Waals surface area contributed by atoms with Crippen molar-refractivity contribution in [3.8, 4) is 12.3 Å². The van der Waals surface area contributed by atoms with Gasteiger partial charge in [-0.2, -0.15) is 0 Å². The summed E-state index contributed by atoms with van der Waals surface area (Å²) in [7, 11) is 3.02. The quantitative estimate of drug-likeness (QED) is 0.452. The highest BCUT2D eigenvalue weighted by molar-refractivity contribution is 7.59. The summed E-state index contributed by atoms with van der Waals surface area (Å²) in [5.74, 6) is 2.51. The molecule has 1 atom stereocenters. The average molecular weight is 184 g/mol. The molecule has 0 aromatic rings. The lowest BCUT2D eigenvalue weighted by Gasteiger charge is -2.28. The van der Waals surface area contributed by atoms with Gasteiger partial charge in [0.25, 0.3) is 0 Å². The van der Waals surface area contributed by atoms with E-state index in [1.54, 1.807) is 16.4 Å². The number of nitrogens with zero attached hydrogens (tertiary/aromatic N) is 2. The SMILES string of the molecule is C#CC1=CCP(=O)(N(C)C)N1C. The van der Waals surface area contributed by atoms with E-state index in [0.717, 1.165) is 5.70 Å². The first kappa shape index (κ1) is 9.38. The maximum Gasteiger partial charge on any atom is 0.243 e. The van der Waals surface area contributed by atoms with Crippen molar-refractivity contribution in [1.29, 1.82) is 0 Å². The summed E-state index contributed by atoms with van der Waals surface area (Å²) >= 11 is 0. The molecule has 0 fully saturated rings. The Kier molecular flexibility index (Phi) is 2.32. The van der Waals surface area contributed by atoms with E-state index in [4.69, 9.17) is 6.42 Å². The molecule has 0 radical (unpaired) electrons. The fourth-order valence-electron chi connectivity index (χ4n) is 1.21. The Morgan fingerprint density at radius 2 is 2.33 bits per heavy atom. The highest BCUT2D eigenvalue weighted by atomic mass is 31.2. The summed E-state index contributed by atoms with van der Waals surface area (Å²) in [4.78, 5) is 0. The third-order valence-corrected chi connectivity index (χ3v) is 5.17. The number of rotatable bonds is 1. The lowest BCUT2D eigenvalue weighted by Crippen LogP contribution is -2.20. The van der Waals surface area contributed by atoms with Gasteiger partial charge in [0, 0.05) is 7.05 Å². The van der Waals surface area contributed by atoms with Crippen LogP contribution in [0.15, 0.2) is 11.8 Å². The molecule has 0 bridgehead atoms. The minimum absolute atomic E-state index is 0.552. The van der Waals surface area contributed by atoms with Crippen LogP contribution in [0.2, 0.25) is 0 Å². The molecule has 12 heavy (non-hydrogen) atoms. The number of hydrogen-bond acceptors (Lipinski definition) is 1. The van der Waals surface area contributed by atoms with Gasteiger partial charge >= 0.3 is 0 Å². The van der Waals surface area contributed by atoms with E-state index in [1.165, 1.54) is 0 Å². The molecule has 0 saturated carbocycles. The van der Waals surface area contributed by atoms with Crippen LogP contribution < -0.4 is 0 Å². The second-order valence-corrected chi connectivity index (χ2v) is 6.05. The van der Waals surface area contributed by atoms with Gasteiger partial charge in [-0.05, 0) is 20.2 Å². The van der Waals surface area contributed by atoms with Crippen LogP contribution in [-0.4, -0.2) is 36.6 Å². The molecule has 0 N–H and O–H groups in total. The molecule has 1 unspecified atom stereocenters. The van der Waals surface area contributed by atoms with Crippen LogP contribution in [0.4, 0.5) is 0 Å². The van der Waals surface area contributed by atoms with Gasteiger partial charge in [-0.15, -0.1) is 6.42 Å². The molecule has 0 spiro atoms. The summed E-state index contributed by atoms with van der Waals surface area (Å²) < 4.78 is 15.6. The van der Waals surface area contributed by atoms with E-state index in [1.807, 2.05) is 20.2 Å². The minimum Gasteiger partial charge on any atom is -0.307 e. The van der Waals surface area contributed by atoms with Crippen molar-refractivity contribution in [2.45, 2.75) is 0 Å². The molecule has 66 valence electrons. The molecule has 3 nitrogen and oxygen atoms in total. The Morgan fingerprint density at radius 1 is 1.75 bits per heavy atom. The van der Waals surface area contributed by atoms with E-state index < -0.39 is 7.44 Å². The highest BCUT2D eigenvalue weighted by Gasteiger charge is 2.34. The van der Waals surface area contributed by atoms with Crippen molar-refractivity contribution < 1.29 is 4.57 Å². The van der Waals surface area contributed by atoms with Crippen LogP contribution in [0.25, 0.3) is 0 Å². The molecule has 0 aromatic carbocycles. The summed E-state index contributed by atoms with van der Waals surface area (Å²) in [6.45, 7) is 0. The molecule has 0 saturated heterocycles. The van der Waals surface area contributed by atoms with Gasteiger partial charge in [0.1, 0.15) is 0 Å². The van der Waals surface area contributed by atoms with E-state index >= 15 is 0 Å². The maximum absolute atomic E-state index is 12.1.